The Morgan fingerprint density at radius 3 is 2.65 bits per heavy atom. The van der Waals surface area contributed by atoms with Gasteiger partial charge in [-0.2, -0.15) is 0 Å². The van der Waals surface area contributed by atoms with Crippen molar-refractivity contribution in [2.45, 2.75) is 13.8 Å². The number of hydrogen-bond donors (Lipinski definition) is 2. The largest absolute Gasteiger partial charge is 0.465 e. The molecule has 2 N–H and O–H groups in total. The zero-order chi connectivity index (χ0) is 17.2. The van der Waals surface area contributed by atoms with Gasteiger partial charge in [0.15, 0.2) is 0 Å². The third-order valence-corrected chi connectivity index (χ3v) is 4.06. The van der Waals surface area contributed by atoms with E-state index in [4.69, 9.17) is 16.3 Å². The second-order valence-electron chi connectivity index (χ2n) is 4.54. The normalized spacial score (nSPS) is 10.0. The molecule has 0 fully saturated rings. The van der Waals surface area contributed by atoms with Crippen molar-refractivity contribution in [2.24, 2.45) is 0 Å². The molecule has 1 aromatic carbocycles. The molecule has 0 heterocycles. The number of hydrogen-bond acceptors (Lipinski definition) is 5. The lowest BCUT2D eigenvalue weighted by atomic mass is 10.2. The van der Waals surface area contributed by atoms with E-state index in [-0.39, 0.29) is 35.8 Å². The van der Waals surface area contributed by atoms with Crippen LogP contribution >= 0.6 is 23.4 Å². The molecule has 0 aliphatic heterocycles. The van der Waals surface area contributed by atoms with Gasteiger partial charge in [-0.05, 0) is 31.5 Å². The number of carbonyl (C=O) groups excluding carboxylic acids is 3. The van der Waals surface area contributed by atoms with Crippen LogP contribution in [0.3, 0.4) is 0 Å². The van der Waals surface area contributed by atoms with Crippen molar-refractivity contribution in [2.75, 3.05) is 30.0 Å². The van der Waals surface area contributed by atoms with Gasteiger partial charge in [-0.1, -0.05) is 17.7 Å². The van der Waals surface area contributed by atoms with Crippen LogP contribution in [0.25, 0.3) is 0 Å². The van der Waals surface area contributed by atoms with Crippen LogP contribution in [0.4, 0.5) is 5.69 Å². The van der Waals surface area contributed by atoms with Gasteiger partial charge in [-0.25, -0.2) is 0 Å². The minimum Gasteiger partial charge on any atom is -0.465 e. The predicted octanol–water partition coefficient (Wildman–Crippen LogP) is 2.00. The molecule has 0 atom stereocenters. The van der Waals surface area contributed by atoms with Crippen molar-refractivity contribution >= 4 is 46.8 Å². The topological polar surface area (TPSA) is 84.5 Å². The van der Waals surface area contributed by atoms with E-state index in [1.165, 1.54) is 0 Å². The van der Waals surface area contributed by atoms with Gasteiger partial charge in [0.25, 0.3) is 0 Å². The number of esters is 1. The fourth-order valence-electron chi connectivity index (χ4n) is 1.60. The van der Waals surface area contributed by atoms with Crippen LogP contribution in [0.15, 0.2) is 18.2 Å². The van der Waals surface area contributed by atoms with Gasteiger partial charge < -0.3 is 15.4 Å². The monoisotopic (exact) mass is 358 g/mol. The van der Waals surface area contributed by atoms with E-state index in [1.54, 1.807) is 32.0 Å². The molecular formula is C15H19ClN2O4S. The maximum atomic E-state index is 11.8. The zero-order valence-corrected chi connectivity index (χ0v) is 14.6. The molecule has 0 aliphatic rings. The third-order valence-electron chi connectivity index (χ3n) is 2.75. The Morgan fingerprint density at radius 1 is 1.22 bits per heavy atom. The number of thioether (sulfide) groups is 1. The minimum atomic E-state index is -0.362. The van der Waals surface area contributed by atoms with E-state index < -0.39 is 0 Å². The van der Waals surface area contributed by atoms with Gasteiger partial charge >= 0.3 is 5.97 Å². The molecule has 1 rings (SSSR count). The highest BCUT2D eigenvalue weighted by atomic mass is 35.5. The SMILES string of the molecule is CCOC(=O)CSCC(=O)NCC(=O)Nc1cccc(Cl)c1C. The molecular weight excluding hydrogens is 340 g/mol. The summed E-state index contributed by atoms with van der Waals surface area (Å²) >= 11 is 7.10. The van der Waals surface area contributed by atoms with E-state index in [0.717, 1.165) is 17.3 Å². The zero-order valence-electron chi connectivity index (χ0n) is 13.0. The lowest BCUT2D eigenvalue weighted by Gasteiger charge is -2.10. The molecule has 1 aromatic rings. The number of rotatable bonds is 8. The van der Waals surface area contributed by atoms with Gasteiger partial charge in [0, 0.05) is 10.7 Å². The summed E-state index contributed by atoms with van der Waals surface area (Å²) < 4.78 is 4.74. The Morgan fingerprint density at radius 2 is 1.96 bits per heavy atom. The van der Waals surface area contributed by atoms with Gasteiger partial charge in [0.05, 0.1) is 24.7 Å². The number of ether oxygens (including phenoxy) is 1. The second-order valence-corrected chi connectivity index (χ2v) is 5.93. The van der Waals surface area contributed by atoms with Crippen molar-refractivity contribution in [1.29, 1.82) is 0 Å². The lowest BCUT2D eigenvalue weighted by molar-refractivity contribution is -0.139. The highest BCUT2D eigenvalue weighted by Crippen LogP contribution is 2.22. The Kier molecular flexibility index (Phi) is 8.50. The summed E-state index contributed by atoms with van der Waals surface area (Å²) in [5.74, 6) is -0.840. The summed E-state index contributed by atoms with van der Waals surface area (Å²) in [5, 5.41) is 5.72. The van der Waals surface area contributed by atoms with E-state index in [9.17, 15) is 14.4 Å². The molecule has 23 heavy (non-hydrogen) atoms. The Balaban J connectivity index is 2.29. The first-order valence-corrected chi connectivity index (χ1v) is 8.52. The smallest absolute Gasteiger partial charge is 0.315 e. The Bertz CT molecular complexity index is 581. The molecule has 0 aliphatic carbocycles. The molecule has 126 valence electrons. The molecule has 0 bridgehead atoms. The fraction of sp³-hybridized carbons (Fsp3) is 0.400. The van der Waals surface area contributed by atoms with E-state index >= 15 is 0 Å². The number of amides is 2. The number of anilines is 1. The van der Waals surface area contributed by atoms with Gasteiger partial charge in [-0.15, -0.1) is 11.8 Å². The fourth-order valence-corrected chi connectivity index (χ4v) is 2.41. The second kappa shape index (κ2) is 10.1. The van der Waals surface area contributed by atoms with E-state index in [2.05, 4.69) is 10.6 Å². The highest BCUT2D eigenvalue weighted by Gasteiger charge is 2.10. The predicted molar refractivity (Wildman–Crippen MR) is 91.8 cm³/mol. The summed E-state index contributed by atoms with van der Waals surface area (Å²) in [6, 6.07) is 5.20. The number of nitrogens with one attached hydrogen (secondary N) is 2. The molecule has 0 aromatic heterocycles. The highest BCUT2D eigenvalue weighted by molar-refractivity contribution is 8.00. The quantitative estimate of drug-likeness (QED) is 0.694. The van der Waals surface area contributed by atoms with Gasteiger partial charge in [0.1, 0.15) is 0 Å². The first kappa shape index (κ1) is 19.3. The van der Waals surface area contributed by atoms with Crippen molar-refractivity contribution in [1.82, 2.24) is 5.32 Å². The molecule has 8 heteroatoms. The summed E-state index contributed by atoms with van der Waals surface area (Å²) in [6.07, 6.45) is 0. The number of benzene rings is 1. The van der Waals surface area contributed by atoms with Crippen molar-refractivity contribution < 1.29 is 19.1 Å². The minimum absolute atomic E-state index is 0.0856. The van der Waals surface area contributed by atoms with Crippen LogP contribution < -0.4 is 10.6 Å². The maximum Gasteiger partial charge on any atom is 0.315 e. The first-order valence-electron chi connectivity index (χ1n) is 6.99. The van der Waals surface area contributed by atoms with Crippen LogP contribution in [-0.4, -0.2) is 42.4 Å². The third kappa shape index (κ3) is 7.38. The van der Waals surface area contributed by atoms with Crippen molar-refractivity contribution in [3.8, 4) is 0 Å². The van der Waals surface area contributed by atoms with Crippen LogP contribution in [0.5, 0.6) is 0 Å². The molecule has 0 unspecified atom stereocenters. The van der Waals surface area contributed by atoms with Crippen LogP contribution in [0.1, 0.15) is 12.5 Å². The number of halogens is 1. The molecule has 0 spiro atoms. The molecule has 0 saturated heterocycles. The molecule has 0 saturated carbocycles. The van der Waals surface area contributed by atoms with Crippen LogP contribution in [0, 0.1) is 6.92 Å². The standard InChI is InChI=1S/C15H19ClN2O4S/c1-3-22-15(21)9-23-8-14(20)17-7-13(19)18-12-6-4-5-11(16)10(12)2/h4-6H,3,7-9H2,1-2H3,(H,17,20)(H,18,19). The lowest BCUT2D eigenvalue weighted by Crippen LogP contribution is -2.34. The van der Waals surface area contributed by atoms with Crippen molar-refractivity contribution in [3.63, 3.8) is 0 Å². The number of carbonyl (C=O) groups is 3. The van der Waals surface area contributed by atoms with E-state index in [1.807, 2.05) is 0 Å². The molecule has 0 radical (unpaired) electrons. The van der Waals surface area contributed by atoms with Crippen molar-refractivity contribution in [3.05, 3.63) is 28.8 Å². The maximum absolute atomic E-state index is 11.8. The van der Waals surface area contributed by atoms with Gasteiger partial charge in [0.2, 0.25) is 11.8 Å². The average molecular weight is 359 g/mol. The summed E-state index contributed by atoms with van der Waals surface area (Å²) in [6.45, 7) is 3.68. The summed E-state index contributed by atoms with van der Waals surface area (Å²) in [5.41, 5.74) is 1.37. The van der Waals surface area contributed by atoms with Gasteiger partial charge in [-0.3, -0.25) is 14.4 Å². The molecule has 6 nitrogen and oxygen atoms in total. The average Bonchev–Trinajstić information content (AvgIpc) is 2.50. The Hall–Kier alpha value is -1.73. The van der Waals surface area contributed by atoms with Crippen LogP contribution in [-0.2, 0) is 19.1 Å². The summed E-state index contributed by atoms with van der Waals surface area (Å²) in [7, 11) is 0. The first-order chi connectivity index (χ1) is 10.9. The molecule has 2 amide bonds. The van der Waals surface area contributed by atoms with E-state index in [0.29, 0.717) is 17.3 Å². The summed E-state index contributed by atoms with van der Waals surface area (Å²) in [4.78, 5) is 34.5. The van der Waals surface area contributed by atoms with Crippen LogP contribution in [0.2, 0.25) is 5.02 Å². The Labute approximate surface area is 144 Å².